The molecule has 134 valence electrons. The van der Waals surface area contributed by atoms with Crippen molar-refractivity contribution in [3.05, 3.63) is 11.7 Å². The molecule has 1 aromatic heterocycles. The van der Waals surface area contributed by atoms with Crippen LogP contribution in [-0.4, -0.2) is 47.1 Å². The number of hydrogen-bond donors (Lipinski definition) is 1. The maximum absolute atomic E-state index is 12.7. The van der Waals surface area contributed by atoms with E-state index in [0.717, 1.165) is 51.3 Å². The lowest BCUT2D eigenvalue weighted by atomic mass is 9.83. The predicted molar refractivity (Wildman–Crippen MR) is 91.4 cm³/mol. The van der Waals surface area contributed by atoms with Crippen LogP contribution in [0.2, 0.25) is 0 Å². The number of nitrogens with one attached hydrogen (secondary N) is 1. The van der Waals surface area contributed by atoms with Crippen molar-refractivity contribution >= 4 is 5.91 Å². The summed E-state index contributed by atoms with van der Waals surface area (Å²) in [5, 5.41) is 7.40. The first kappa shape index (κ1) is 17.4. The monoisotopic (exact) mass is 334 g/mol. The minimum absolute atomic E-state index is 0.329. The highest BCUT2D eigenvalue weighted by atomic mass is 16.5. The summed E-state index contributed by atoms with van der Waals surface area (Å²) in [4.78, 5) is 19.1. The molecule has 0 saturated carbocycles. The zero-order valence-corrected chi connectivity index (χ0v) is 15.0. The highest BCUT2D eigenvalue weighted by molar-refractivity contribution is 5.76. The molecule has 2 unspecified atom stereocenters. The van der Waals surface area contributed by atoms with Gasteiger partial charge in [0.05, 0.1) is 0 Å². The number of rotatable bonds is 5. The molecular weight excluding hydrogens is 304 g/mol. The molecule has 0 spiro atoms. The van der Waals surface area contributed by atoms with E-state index < -0.39 is 0 Å². The highest BCUT2D eigenvalue weighted by Crippen LogP contribution is 2.26. The third-order valence-electron chi connectivity index (χ3n) is 5.60. The lowest BCUT2D eigenvalue weighted by Gasteiger charge is -2.34. The van der Waals surface area contributed by atoms with E-state index in [0.29, 0.717) is 36.0 Å². The Morgan fingerprint density at radius 1 is 1.38 bits per heavy atom. The third-order valence-corrected chi connectivity index (χ3v) is 5.60. The molecule has 1 N–H and O–H groups in total. The summed E-state index contributed by atoms with van der Waals surface area (Å²) in [6.07, 6.45) is 6.13. The highest BCUT2D eigenvalue weighted by Gasteiger charge is 2.28. The Morgan fingerprint density at radius 2 is 2.17 bits per heavy atom. The first-order valence-corrected chi connectivity index (χ1v) is 9.39. The fourth-order valence-electron chi connectivity index (χ4n) is 4.13. The number of carbonyl (C=O) groups is 1. The Bertz CT molecular complexity index is 539. The van der Waals surface area contributed by atoms with Crippen LogP contribution in [-0.2, 0) is 11.2 Å². The molecule has 0 aliphatic carbocycles. The van der Waals surface area contributed by atoms with Gasteiger partial charge in [-0.1, -0.05) is 12.1 Å². The summed E-state index contributed by atoms with van der Waals surface area (Å²) >= 11 is 0. The van der Waals surface area contributed by atoms with Crippen LogP contribution in [0, 0.1) is 24.7 Å². The Kier molecular flexibility index (Phi) is 5.87. The molecule has 2 atom stereocenters. The van der Waals surface area contributed by atoms with Crippen LogP contribution >= 0.6 is 0 Å². The van der Waals surface area contributed by atoms with Gasteiger partial charge in [0.2, 0.25) is 11.8 Å². The van der Waals surface area contributed by atoms with E-state index in [1.807, 2.05) is 6.92 Å². The molecule has 1 aromatic rings. The van der Waals surface area contributed by atoms with Crippen molar-refractivity contribution < 1.29 is 9.32 Å². The van der Waals surface area contributed by atoms with Crippen molar-refractivity contribution in [1.82, 2.24) is 20.4 Å². The molecular formula is C18H30N4O2. The van der Waals surface area contributed by atoms with Gasteiger partial charge in [0.25, 0.3) is 0 Å². The Labute approximate surface area is 144 Å². The van der Waals surface area contributed by atoms with Crippen LogP contribution in [0.4, 0.5) is 0 Å². The average molecular weight is 334 g/mol. The summed E-state index contributed by atoms with van der Waals surface area (Å²) in [6, 6.07) is 0. The molecule has 2 fully saturated rings. The van der Waals surface area contributed by atoms with E-state index in [9.17, 15) is 4.79 Å². The molecule has 3 rings (SSSR count). The van der Waals surface area contributed by atoms with Crippen LogP contribution in [0.5, 0.6) is 0 Å². The molecule has 2 aliphatic heterocycles. The van der Waals surface area contributed by atoms with Crippen molar-refractivity contribution in [3.63, 3.8) is 0 Å². The largest absolute Gasteiger partial charge is 0.342 e. The molecule has 6 heteroatoms. The van der Waals surface area contributed by atoms with Gasteiger partial charge >= 0.3 is 0 Å². The van der Waals surface area contributed by atoms with Gasteiger partial charge in [0.1, 0.15) is 0 Å². The molecule has 24 heavy (non-hydrogen) atoms. The third kappa shape index (κ3) is 4.56. The summed E-state index contributed by atoms with van der Waals surface area (Å²) in [5.41, 5.74) is 0. The summed E-state index contributed by atoms with van der Waals surface area (Å²) in [7, 11) is 0. The maximum atomic E-state index is 12.7. The zero-order chi connectivity index (χ0) is 16.9. The van der Waals surface area contributed by atoms with Crippen molar-refractivity contribution in [2.24, 2.45) is 17.8 Å². The standard InChI is InChI=1S/C18H30N4O2/c1-13(16-5-7-19-8-6-16)10-18(23)22-9-3-4-15(12-22)11-17-20-14(2)24-21-17/h13,15-16,19H,3-12H2,1-2H3. The second-order valence-electron chi connectivity index (χ2n) is 7.55. The van der Waals surface area contributed by atoms with Crippen molar-refractivity contribution in [1.29, 1.82) is 0 Å². The Balaban J connectivity index is 1.49. The molecule has 0 radical (unpaired) electrons. The van der Waals surface area contributed by atoms with Gasteiger partial charge in [-0.3, -0.25) is 4.79 Å². The fourth-order valence-corrected chi connectivity index (χ4v) is 4.13. The summed E-state index contributed by atoms with van der Waals surface area (Å²) in [6.45, 7) is 8.00. The van der Waals surface area contributed by atoms with E-state index >= 15 is 0 Å². The number of piperidine rings is 2. The van der Waals surface area contributed by atoms with Gasteiger partial charge < -0.3 is 14.7 Å². The van der Waals surface area contributed by atoms with Gasteiger partial charge in [-0.05, 0) is 56.5 Å². The fraction of sp³-hybridized carbons (Fsp3) is 0.833. The molecule has 3 heterocycles. The van der Waals surface area contributed by atoms with Crippen LogP contribution in [0.15, 0.2) is 4.52 Å². The van der Waals surface area contributed by atoms with Gasteiger partial charge in [0, 0.05) is 32.9 Å². The summed E-state index contributed by atoms with van der Waals surface area (Å²) < 4.78 is 5.05. The van der Waals surface area contributed by atoms with E-state index in [-0.39, 0.29) is 0 Å². The first-order valence-electron chi connectivity index (χ1n) is 9.39. The Morgan fingerprint density at radius 3 is 2.88 bits per heavy atom. The van der Waals surface area contributed by atoms with Gasteiger partial charge in [0.15, 0.2) is 5.82 Å². The molecule has 1 amide bonds. The number of likely N-dealkylation sites (tertiary alicyclic amines) is 1. The smallest absolute Gasteiger partial charge is 0.223 e. The predicted octanol–water partition coefficient (Wildman–Crippen LogP) is 2.18. The topological polar surface area (TPSA) is 71.3 Å². The van der Waals surface area contributed by atoms with Crippen molar-refractivity contribution in [3.8, 4) is 0 Å². The van der Waals surface area contributed by atoms with Crippen LogP contribution in [0.3, 0.4) is 0 Å². The molecule has 6 nitrogen and oxygen atoms in total. The van der Waals surface area contributed by atoms with E-state index in [1.165, 1.54) is 12.8 Å². The number of hydrogen-bond acceptors (Lipinski definition) is 5. The number of aryl methyl sites for hydroxylation is 1. The number of amides is 1. The van der Waals surface area contributed by atoms with Gasteiger partial charge in [-0.25, -0.2) is 0 Å². The number of aromatic nitrogens is 2. The van der Waals surface area contributed by atoms with E-state index in [4.69, 9.17) is 4.52 Å². The lowest BCUT2D eigenvalue weighted by Crippen LogP contribution is -2.42. The first-order chi connectivity index (χ1) is 11.6. The van der Waals surface area contributed by atoms with Crippen LogP contribution < -0.4 is 5.32 Å². The number of carbonyl (C=O) groups excluding carboxylic acids is 1. The molecule has 0 aromatic carbocycles. The summed E-state index contributed by atoms with van der Waals surface area (Å²) in [5.74, 6) is 3.35. The molecule has 2 aliphatic rings. The van der Waals surface area contributed by atoms with Gasteiger partial charge in [-0.15, -0.1) is 0 Å². The van der Waals surface area contributed by atoms with Crippen LogP contribution in [0.1, 0.15) is 50.7 Å². The van der Waals surface area contributed by atoms with Crippen molar-refractivity contribution in [2.75, 3.05) is 26.2 Å². The zero-order valence-electron chi connectivity index (χ0n) is 15.0. The second kappa shape index (κ2) is 8.10. The van der Waals surface area contributed by atoms with E-state index in [1.54, 1.807) is 0 Å². The minimum Gasteiger partial charge on any atom is -0.342 e. The second-order valence-corrected chi connectivity index (χ2v) is 7.55. The normalized spacial score (nSPS) is 24.1. The quantitative estimate of drug-likeness (QED) is 0.894. The Hall–Kier alpha value is -1.43. The van der Waals surface area contributed by atoms with Crippen LogP contribution in [0.25, 0.3) is 0 Å². The van der Waals surface area contributed by atoms with E-state index in [2.05, 4.69) is 27.3 Å². The van der Waals surface area contributed by atoms with Crippen molar-refractivity contribution in [2.45, 2.75) is 52.4 Å². The minimum atomic E-state index is 0.329. The average Bonchev–Trinajstić information content (AvgIpc) is 3.00. The molecule has 0 bridgehead atoms. The number of nitrogens with zero attached hydrogens (tertiary/aromatic N) is 3. The molecule has 2 saturated heterocycles. The van der Waals surface area contributed by atoms with Gasteiger partial charge in [-0.2, -0.15) is 4.98 Å². The maximum Gasteiger partial charge on any atom is 0.223 e. The lowest BCUT2D eigenvalue weighted by molar-refractivity contribution is -0.134. The SMILES string of the molecule is Cc1nc(CC2CCCN(C(=O)CC(C)C3CCNCC3)C2)no1.